The number of likely N-dealkylation sites (tertiary alicyclic amines) is 1. The molecule has 8 aromatic carbocycles. The van der Waals surface area contributed by atoms with E-state index in [1.54, 1.807) is 92.3 Å². The van der Waals surface area contributed by atoms with Crippen LogP contribution < -0.4 is 37.7 Å². The third-order valence-electron chi connectivity index (χ3n) is 25.0. The number of aliphatic hydroxyl groups excluding tert-OH is 3. The zero-order valence-corrected chi connectivity index (χ0v) is 77.4. The lowest BCUT2D eigenvalue weighted by Crippen LogP contribution is -2.43. The highest BCUT2D eigenvalue weighted by Crippen LogP contribution is 2.48. The summed E-state index contributed by atoms with van der Waals surface area (Å²) >= 11 is 7.82. The summed E-state index contributed by atoms with van der Waals surface area (Å²) in [5, 5.41) is 38.3. The molecule has 1 fully saturated rings. The Balaban J connectivity index is 0.000000147. The van der Waals surface area contributed by atoms with Gasteiger partial charge in [0.15, 0.2) is 17.3 Å². The molecule has 135 heavy (non-hydrogen) atoms. The van der Waals surface area contributed by atoms with E-state index in [-0.39, 0.29) is 128 Å². The van der Waals surface area contributed by atoms with E-state index in [0.717, 1.165) is 66.5 Å². The predicted octanol–water partition coefficient (Wildman–Crippen LogP) is 14.7. The van der Waals surface area contributed by atoms with Gasteiger partial charge in [-0.2, -0.15) is 0 Å². The largest absolute Gasteiger partial charge is 0.464 e. The first-order chi connectivity index (χ1) is 65.5. The van der Waals surface area contributed by atoms with E-state index in [1.807, 2.05) is 178 Å². The first kappa shape index (κ1) is 95.1. The molecule has 0 saturated carbocycles. The number of imide groups is 1. The second-order valence-corrected chi connectivity index (χ2v) is 35.2. The number of hydrogen-bond acceptors (Lipinski definition) is 22. The van der Waals surface area contributed by atoms with Gasteiger partial charge in [0, 0.05) is 143 Å². The van der Waals surface area contributed by atoms with Crippen LogP contribution in [0.25, 0.3) is 33.4 Å². The van der Waals surface area contributed by atoms with Crippen LogP contribution in [0, 0.1) is 33.6 Å². The summed E-state index contributed by atoms with van der Waals surface area (Å²) in [5.74, 6) is -3.05. The van der Waals surface area contributed by atoms with Crippen molar-refractivity contribution in [3.8, 4) is 11.4 Å². The topological polar surface area (TPSA) is 367 Å². The summed E-state index contributed by atoms with van der Waals surface area (Å²) in [5.41, 5.74) is 13.1. The number of aliphatic hydroxyl groups is 3. The van der Waals surface area contributed by atoms with Gasteiger partial charge in [-0.3, -0.25) is 47.5 Å². The highest BCUT2D eigenvalue weighted by atomic mass is 35.5. The van der Waals surface area contributed by atoms with Crippen LogP contribution in [0.4, 0.5) is 22.7 Å². The number of H-pyrrole nitrogens is 1. The number of carbonyl (C=O) groups is 5. The van der Waals surface area contributed by atoms with Crippen molar-refractivity contribution < 1.29 is 81.6 Å². The number of anilines is 4. The zero-order chi connectivity index (χ0) is 94.7. The molecule has 0 bridgehead atoms. The van der Waals surface area contributed by atoms with Crippen LogP contribution in [0.5, 0.6) is 0 Å². The molecule has 1 saturated heterocycles. The van der Waals surface area contributed by atoms with Gasteiger partial charge >= 0.3 is 5.69 Å². The number of carbonyl (C=O) groups excluding carboxylic acids is 5. The second-order valence-electron chi connectivity index (χ2n) is 33.6. The normalized spacial score (nSPS) is 19.1. The van der Waals surface area contributed by atoms with Gasteiger partial charge in [-0.15, -0.1) is 0 Å². The smallest absolute Gasteiger partial charge is 0.326 e. The van der Waals surface area contributed by atoms with Crippen molar-refractivity contribution in [2.45, 2.75) is 126 Å². The molecular weight excluding hydrogens is 1770 g/mol. The number of aryl methyl sites for hydroxylation is 2. The fourth-order valence-electron chi connectivity index (χ4n) is 18.2. The van der Waals surface area contributed by atoms with Gasteiger partial charge in [-0.05, 0) is 198 Å². The Labute approximate surface area is 787 Å². The molecule has 0 spiro atoms. The molecule has 12 aromatic rings. The number of nitrogens with zero attached hydrogens (tertiary/aromatic N) is 7. The van der Waals surface area contributed by atoms with Crippen molar-refractivity contribution in [2.24, 2.45) is 20.0 Å². The van der Waals surface area contributed by atoms with E-state index in [9.17, 15) is 43.5 Å². The number of furan rings is 1. The Kier molecular flexibility index (Phi) is 30.3. The van der Waals surface area contributed by atoms with Gasteiger partial charge < -0.3 is 83.5 Å². The monoisotopic (exact) mass is 1870 g/mol. The van der Waals surface area contributed by atoms with E-state index in [1.165, 1.54) is 16.5 Å². The molecule has 31 nitrogen and oxygen atoms in total. The summed E-state index contributed by atoms with van der Waals surface area (Å²) in [6.45, 7) is 11.9. The van der Waals surface area contributed by atoms with Crippen LogP contribution in [0.3, 0.4) is 0 Å². The number of nitrogens with one attached hydrogen (secondary N) is 4. The summed E-state index contributed by atoms with van der Waals surface area (Å²) in [6.07, 6.45) is 7.76. The molecule has 18 rings (SSSR count). The Hall–Kier alpha value is -13.1. The Morgan fingerprint density at radius 1 is 0.585 bits per heavy atom. The number of fused-ring (bicyclic) bond motifs is 4. The molecule has 704 valence electrons. The van der Waals surface area contributed by atoms with Crippen molar-refractivity contribution in [3.63, 3.8) is 0 Å². The fourth-order valence-corrected chi connectivity index (χ4v) is 19.6. The molecular formula is C102H108ClN11O20S. The minimum absolute atomic E-state index is 0.0229. The quantitative estimate of drug-likeness (QED) is 0.0162. The number of allylic oxidation sites excluding steroid dienone is 3. The highest BCUT2D eigenvalue weighted by molar-refractivity contribution is 8.00. The first-order valence-corrected chi connectivity index (χ1v) is 46.4. The second kappa shape index (κ2) is 43.1. The highest BCUT2D eigenvalue weighted by Gasteiger charge is 2.43. The number of benzene rings is 8. The number of piperidine rings is 1. The summed E-state index contributed by atoms with van der Waals surface area (Å²) in [7, 11) is 3.69. The van der Waals surface area contributed by atoms with Crippen LogP contribution in [-0.2, 0) is 66.4 Å². The maximum absolute atomic E-state index is 13.9. The molecule has 33 heteroatoms. The van der Waals surface area contributed by atoms with E-state index < -0.39 is 54.3 Å². The van der Waals surface area contributed by atoms with Crippen LogP contribution in [-0.4, -0.2) is 176 Å². The molecule has 6 aliphatic rings. The SMILES string of the molecule is CCO[C@@H]1OC(C(=O)Nc2ccc(N3C(=O)c4ccc(Cl)cc4C3=O)c(C)c2)=C[C@H](c2coc3ccccc23)C1CCCO.Cc1c([C@H]2C=C(C(=O)N3CCC(n4c(=O)[nH]c5ccccc54)CC3)OC(OCCOCCO)C2)c(=O)n(-c2ccccc2)n1C.Cc1ccc2c(c1)SC(c1ccc(NC(=O)C3=C[C@H](c4c(C)n(C)n(-c5ccccc5)c4=O)CC(OCCOCCO)O3)cc1)N2. The standard InChI is InChI=1S/C35H38N4O6S.C34H31ClN2O7.C33H39N5O7/c1-22-9-14-28-30(19-22)46-34(37-28)24-10-12-26(13-11-24)36-33(41)29-20-25(21-31(45-29)44-18-17-43-16-15-40)32-23(2)38(3)39(35(32)42)27-7-5-4-6-8-27;1-3-42-34-24(8-6-14-38)25(27-18-43-29-9-5-4-7-22(27)29)17-30(44-34)31(39)36-21-11-13-28(19(2)15-21)37-32(40)23-12-10-20(35)16-26(23)33(37)41;1-22-30(32(41)38(35(22)2)25-8-4-3-5-9-25)23-20-28(45-29(21-23)44-19-18-43-17-16-39)31(40)36-14-12-24(13-15-36)37-27-11-7-6-10-26(27)34-33(37)42/h4-14,19-20,25,31,34,37,40H,15-18,21H2,1-3H3,(H,36,41);4-5,7,9-13,15-18,24-25,34,38H,3,6,8,14H2,1-2H3,(H,36,39);3-11,20,23-24,29,39H,12-19,21H2,1-2H3,(H,34,42)/t25-,31?,34?;24?,25-,34+;23-,29?/m000/s1. The van der Waals surface area contributed by atoms with Crippen LogP contribution in [0.15, 0.2) is 254 Å². The number of rotatable bonds is 30. The zero-order valence-electron chi connectivity index (χ0n) is 75.8. The van der Waals surface area contributed by atoms with Crippen molar-refractivity contribution in [1.82, 2.24) is 33.2 Å². The summed E-state index contributed by atoms with van der Waals surface area (Å²) in [6, 6.07) is 57.8. The van der Waals surface area contributed by atoms with Gasteiger partial charge in [0.25, 0.3) is 40.7 Å². The van der Waals surface area contributed by atoms with Gasteiger partial charge in [-0.1, -0.05) is 108 Å². The Morgan fingerprint density at radius 3 is 1.80 bits per heavy atom. The van der Waals surface area contributed by atoms with Crippen molar-refractivity contribution in [2.75, 3.05) is 100 Å². The van der Waals surface area contributed by atoms with Crippen molar-refractivity contribution in [3.05, 3.63) is 322 Å². The van der Waals surface area contributed by atoms with Gasteiger partial charge in [-0.25, -0.2) is 19.1 Å². The molecule has 0 aliphatic carbocycles. The average Bonchev–Trinajstić information content (AvgIpc) is 1.62. The molecule has 5 amide bonds. The molecule has 8 atom stereocenters. The number of aromatic amines is 1. The van der Waals surface area contributed by atoms with E-state index in [2.05, 4.69) is 46.1 Å². The van der Waals surface area contributed by atoms with Gasteiger partial charge in [0.2, 0.25) is 18.9 Å². The van der Waals surface area contributed by atoms with E-state index in [0.29, 0.717) is 103 Å². The molecule has 4 aromatic heterocycles. The number of amides is 5. The number of halogens is 1. The lowest BCUT2D eigenvalue weighted by molar-refractivity contribution is -0.164. The third kappa shape index (κ3) is 20.9. The maximum atomic E-state index is 13.9. The Bertz CT molecular complexity index is 6620. The van der Waals surface area contributed by atoms with Crippen LogP contribution >= 0.6 is 23.4 Å². The molecule has 6 aliphatic heterocycles. The van der Waals surface area contributed by atoms with Gasteiger partial charge in [0.05, 0.1) is 98.3 Å². The van der Waals surface area contributed by atoms with Crippen molar-refractivity contribution in [1.29, 1.82) is 0 Å². The molecule has 4 unspecified atom stereocenters. The molecule has 7 N–H and O–H groups in total. The summed E-state index contributed by atoms with van der Waals surface area (Å²) < 4.78 is 61.3. The lowest BCUT2D eigenvalue weighted by atomic mass is 9.80. The van der Waals surface area contributed by atoms with Crippen LogP contribution in [0.2, 0.25) is 5.02 Å². The number of para-hydroxylation sites is 5. The lowest BCUT2D eigenvalue weighted by Gasteiger charge is -2.36. The van der Waals surface area contributed by atoms with Crippen molar-refractivity contribution >= 4 is 97.7 Å². The van der Waals surface area contributed by atoms with Gasteiger partial charge in [0.1, 0.15) is 11.0 Å². The molecule has 10 heterocycles. The number of aromatic nitrogens is 6. The maximum Gasteiger partial charge on any atom is 0.326 e. The fraction of sp³-hybridized carbons (Fsp3) is 0.333. The summed E-state index contributed by atoms with van der Waals surface area (Å²) in [4.78, 5) is 115. The predicted molar refractivity (Wildman–Crippen MR) is 511 cm³/mol. The molecule has 0 radical (unpaired) electrons. The minimum Gasteiger partial charge on any atom is -0.464 e. The average molecular weight is 1880 g/mol. The number of hydrogen-bond donors (Lipinski definition) is 7. The number of thioether (sulfide) groups is 1. The van der Waals surface area contributed by atoms with E-state index >= 15 is 0 Å². The third-order valence-corrected chi connectivity index (χ3v) is 26.4. The Morgan fingerprint density at radius 2 is 1.17 bits per heavy atom. The minimum atomic E-state index is -0.782. The van der Waals surface area contributed by atoms with Crippen LogP contribution in [0.1, 0.15) is 140 Å². The van der Waals surface area contributed by atoms with E-state index in [4.69, 9.17) is 64.1 Å². The number of imidazole rings is 1. The number of ether oxygens (including phenoxy) is 8. The first-order valence-electron chi connectivity index (χ1n) is 45.2.